The van der Waals surface area contributed by atoms with Gasteiger partial charge in [0.2, 0.25) is 0 Å². The van der Waals surface area contributed by atoms with E-state index in [0.29, 0.717) is 16.7 Å². The molecule has 1 N–H and O–H groups in total. The molecule has 0 saturated carbocycles. The summed E-state index contributed by atoms with van der Waals surface area (Å²) in [6.07, 6.45) is 0.161. The Balaban J connectivity index is 2.20. The highest BCUT2D eigenvalue weighted by Crippen LogP contribution is 2.51. The van der Waals surface area contributed by atoms with Gasteiger partial charge in [0.05, 0.1) is 19.8 Å². The average Bonchev–Trinajstić information content (AvgIpc) is 2.89. The van der Waals surface area contributed by atoms with Crippen LogP contribution in [0.5, 0.6) is 0 Å². The predicted molar refractivity (Wildman–Crippen MR) is 87.5 cm³/mol. The number of esters is 2. The topological polar surface area (TPSA) is 72.8 Å². The minimum Gasteiger partial charge on any atom is -0.469 e. The predicted octanol–water partition coefficient (Wildman–Crippen LogP) is 2.64. The Kier molecular flexibility index (Phi) is 4.11. The first-order valence-corrected chi connectivity index (χ1v) is 7.64. The van der Waals surface area contributed by atoms with Gasteiger partial charge in [0.1, 0.15) is 5.60 Å². The molecule has 124 valence electrons. The largest absolute Gasteiger partial charge is 0.469 e. The number of benzene rings is 2. The van der Waals surface area contributed by atoms with Gasteiger partial charge in [-0.05, 0) is 29.2 Å². The zero-order valence-electron chi connectivity index (χ0n) is 13.5. The molecule has 0 spiro atoms. The molecule has 0 fully saturated rings. The summed E-state index contributed by atoms with van der Waals surface area (Å²) in [6.45, 7) is 0. The van der Waals surface area contributed by atoms with Crippen LogP contribution in [0.25, 0.3) is 11.1 Å². The summed E-state index contributed by atoms with van der Waals surface area (Å²) in [4.78, 5) is 23.8. The van der Waals surface area contributed by atoms with Gasteiger partial charge < -0.3 is 14.6 Å². The molecule has 24 heavy (non-hydrogen) atoms. The fourth-order valence-electron chi connectivity index (χ4n) is 3.36. The minimum atomic E-state index is -1.44. The van der Waals surface area contributed by atoms with Crippen LogP contribution in [0, 0.1) is 0 Å². The summed E-state index contributed by atoms with van der Waals surface area (Å²) in [7, 11) is 2.61. The lowest BCUT2D eigenvalue weighted by molar-refractivity contribution is -0.141. The molecular weight excluding hydrogens is 308 g/mol. The van der Waals surface area contributed by atoms with Gasteiger partial charge in [0.25, 0.3) is 0 Å². The molecule has 0 amide bonds. The van der Waals surface area contributed by atoms with Crippen LogP contribution >= 0.6 is 0 Å². The van der Waals surface area contributed by atoms with E-state index in [2.05, 4.69) is 4.74 Å². The molecule has 1 aliphatic rings. The van der Waals surface area contributed by atoms with Crippen LogP contribution in [0.15, 0.2) is 42.5 Å². The van der Waals surface area contributed by atoms with Gasteiger partial charge in [-0.15, -0.1) is 0 Å². The minimum absolute atomic E-state index is 0.0380. The third-order valence-electron chi connectivity index (χ3n) is 4.46. The third kappa shape index (κ3) is 2.37. The van der Waals surface area contributed by atoms with Crippen molar-refractivity contribution in [1.29, 1.82) is 0 Å². The SMILES string of the molecule is COC(=O)CCC1(O)c2ccccc2-c2cccc(C(=O)OC)c21. The van der Waals surface area contributed by atoms with Crippen molar-refractivity contribution in [2.75, 3.05) is 14.2 Å². The smallest absolute Gasteiger partial charge is 0.338 e. The number of rotatable bonds is 4. The highest BCUT2D eigenvalue weighted by atomic mass is 16.5. The summed E-state index contributed by atoms with van der Waals surface area (Å²) >= 11 is 0. The van der Waals surface area contributed by atoms with Crippen LogP contribution in [0.2, 0.25) is 0 Å². The Bertz CT molecular complexity index is 811. The zero-order valence-corrected chi connectivity index (χ0v) is 13.5. The maximum Gasteiger partial charge on any atom is 0.338 e. The van der Waals surface area contributed by atoms with E-state index in [1.165, 1.54) is 14.2 Å². The van der Waals surface area contributed by atoms with Crippen molar-refractivity contribution >= 4 is 11.9 Å². The van der Waals surface area contributed by atoms with Crippen LogP contribution in [-0.4, -0.2) is 31.3 Å². The lowest BCUT2D eigenvalue weighted by Crippen LogP contribution is -2.28. The monoisotopic (exact) mass is 326 g/mol. The lowest BCUT2D eigenvalue weighted by Gasteiger charge is -2.27. The summed E-state index contributed by atoms with van der Waals surface area (Å²) in [6, 6.07) is 12.6. The molecule has 5 heteroatoms. The van der Waals surface area contributed by atoms with E-state index in [1.54, 1.807) is 12.1 Å². The summed E-state index contributed by atoms with van der Waals surface area (Å²) in [5, 5.41) is 11.4. The molecule has 0 aromatic heterocycles. The molecule has 1 aliphatic carbocycles. The van der Waals surface area contributed by atoms with Gasteiger partial charge in [0.15, 0.2) is 0 Å². The fourth-order valence-corrected chi connectivity index (χ4v) is 3.36. The molecule has 0 aliphatic heterocycles. The quantitative estimate of drug-likeness (QED) is 0.875. The number of hydrogen-bond acceptors (Lipinski definition) is 5. The molecule has 5 nitrogen and oxygen atoms in total. The van der Waals surface area contributed by atoms with E-state index in [-0.39, 0.29) is 12.8 Å². The molecule has 0 bridgehead atoms. The number of methoxy groups -OCH3 is 2. The highest BCUT2D eigenvalue weighted by molar-refractivity contribution is 5.96. The first-order valence-electron chi connectivity index (χ1n) is 7.64. The van der Waals surface area contributed by atoms with Crippen molar-refractivity contribution in [3.05, 3.63) is 59.2 Å². The van der Waals surface area contributed by atoms with Crippen molar-refractivity contribution < 1.29 is 24.2 Å². The first kappa shape index (κ1) is 16.2. The second-order valence-electron chi connectivity index (χ2n) is 5.70. The van der Waals surface area contributed by atoms with Crippen LogP contribution in [0.3, 0.4) is 0 Å². The Morgan fingerprint density at radius 3 is 2.42 bits per heavy atom. The van der Waals surface area contributed by atoms with Crippen molar-refractivity contribution in [1.82, 2.24) is 0 Å². The molecule has 2 aromatic carbocycles. The Morgan fingerprint density at radius 2 is 1.71 bits per heavy atom. The second-order valence-corrected chi connectivity index (χ2v) is 5.70. The number of aliphatic hydroxyl groups is 1. The number of fused-ring (bicyclic) bond motifs is 3. The molecule has 2 aromatic rings. The van der Waals surface area contributed by atoms with Gasteiger partial charge in [-0.25, -0.2) is 4.79 Å². The van der Waals surface area contributed by atoms with E-state index in [9.17, 15) is 14.7 Å². The molecule has 0 saturated heterocycles. The van der Waals surface area contributed by atoms with Crippen LogP contribution in [0.4, 0.5) is 0 Å². The van der Waals surface area contributed by atoms with Crippen molar-refractivity contribution in [3.63, 3.8) is 0 Å². The third-order valence-corrected chi connectivity index (χ3v) is 4.46. The zero-order chi connectivity index (χ0) is 17.3. The van der Waals surface area contributed by atoms with E-state index >= 15 is 0 Å². The van der Waals surface area contributed by atoms with Crippen molar-refractivity contribution in [3.8, 4) is 11.1 Å². The summed E-state index contributed by atoms with van der Waals surface area (Å²) < 4.78 is 9.55. The van der Waals surface area contributed by atoms with Gasteiger partial charge in [0, 0.05) is 12.0 Å². The van der Waals surface area contributed by atoms with Gasteiger partial charge in [-0.1, -0.05) is 36.4 Å². The first-order chi connectivity index (χ1) is 11.5. The van der Waals surface area contributed by atoms with E-state index in [0.717, 1.165) is 11.1 Å². The van der Waals surface area contributed by atoms with E-state index in [1.807, 2.05) is 30.3 Å². The van der Waals surface area contributed by atoms with Crippen LogP contribution < -0.4 is 0 Å². The van der Waals surface area contributed by atoms with Gasteiger partial charge in [-0.2, -0.15) is 0 Å². The number of carbonyl (C=O) groups excluding carboxylic acids is 2. The Labute approximate surface area is 139 Å². The molecule has 0 radical (unpaired) electrons. The van der Waals surface area contributed by atoms with Crippen LogP contribution in [0.1, 0.15) is 34.3 Å². The molecular formula is C19H18O5. The van der Waals surface area contributed by atoms with Crippen molar-refractivity contribution in [2.24, 2.45) is 0 Å². The standard InChI is InChI=1S/C19H18O5/c1-23-16(20)10-11-19(22)15-9-4-3-6-12(15)13-7-5-8-14(17(13)19)18(21)24-2/h3-9,22H,10-11H2,1-2H3. The lowest BCUT2D eigenvalue weighted by atomic mass is 9.84. The van der Waals surface area contributed by atoms with Gasteiger partial charge in [-0.3, -0.25) is 4.79 Å². The fraction of sp³-hybridized carbons (Fsp3) is 0.263. The number of ether oxygens (including phenoxy) is 2. The Hall–Kier alpha value is -2.66. The molecule has 1 unspecified atom stereocenters. The van der Waals surface area contributed by atoms with Gasteiger partial charge >= 0.3 is 11.9 Å². The Morgan fingerprint density at radius 1 is 1.00 bits per heavy atom. The molecule has 3 rings (SSSR count). The molecule has 0 heterocycles. The maximum atomic E-state index is 12.2. The molecule has 1 atom stereocenters. The summed E-state index contributed by atoms with van der Waals surface area (Å²) in [5.74, 6) is -0.930. The van der Waals surface area contributed by atoms with Crippen LogP contribution in [-0.2, 0) is 19.9 Å². The van der Waals surface area contributed by atoms with E-state index in [4.69, 9.17) is 4.74 Å². The van der Waals surface area contributed by atoms with E-state index < -0.39 is 17.5 Å². The normalized spacial score (nSPS) is 17.8. The number of carbonyl (C=O) groups is 2. The number of hydrogen-bond donors (Lipinski definition) is 1. The highest BCUT2D eigenvalue weighted by Gasteiger charge is 2.44. The summed E-state index contributed by atoms with van der Waals surface area (Å²) in [5.41, 5.74) is 1.66. The second kappa shape index (κ2) is 6.09. The van der Waals surface area contributed by atoms with Crippen molar-refractivity contribution in [2.45, 2.75) is 18.4 Å². The average molecular weight is 326 g/mol. The maximum absolute atomic E-state index is 12.2.